The fourth-order valence-electron chi connectivity index (χ4n) is 0.843. The fraction of sp³-hybridized carbons (Fsp3) is 0.500. The van der Waals surface area contributed by atoms with Gasteiger partial charge in [0, 0.05) is 6.20 Å². The van der Waals surface area contributed by atoms with Crippen molar-refractivity contribution in [2.75, 3.05) is 5.73 Å². The van der Waals surface area contributed by atoms with Crippen LogP contribution >= 0.6 is 0 Å². The van der Waals surface area contributed by atoms with Crippen molar-refractivity contribution < 1.29 is 0 Å². The number of hydrogen-bond donors (Lipinski definition) is 1. The number of rotatable bonds is 2. The molecule has 0 aliphatic heterocycles. The molecular formula is C8H13N3. The molecule has 1 aromatic heterocycles. The second-order valence-electron chi connectivity index (χ2n) is 2.68. The molecule has 3 nitrogen and oxygen atoms in total. The number of hydrogen-bond acceptors (Lipinski definition) is 3. The summed E-state index contributed by atoms with van der Waals surface area (Å²) < 4.78 is 0. The van der Waals surface area contributed by atoms with Crippen LogP contribution in [0.5, 0.6) is 0 Å². The monoisotopic (exact) mass is 151 g/mol. The summed E-state index contributed by atoms with van der Waals surface area (Å²) in [5.41, 5.74) is 6.46. The summed E-state index contributed by atoms with van der Waals surface area (Å²) in [5.74, 6) is 0.953. The van der Waals surface area contributed by atoms with Crippen LogP contribution in [-0.4, -0.2) is 9.97 Å². The SMILES string of the molecule is CCC(C)c1cncc(N)n1. The zero-order valence-corrected chi connectivity index (χ0v) is 6.91. The molecule has 1 heterocycles. The summed E-state index contributed by atoms with van der Waals surface area (Å²) in [6.07, 6.45) is 4.40. The third-order valence-corrected chi connectivity index (χ3v) is 1.79. The molecule has 0 radical (unpaired) electrons. The van der Waals surface area contributed by atoms with Gasteiger partial charge in [-0.2, -0.15) is 0 Å². The molecule has 11 heavy (non-hydrogen) atoms. The van der Waals surface area contributed by atoms with Crippen molar-refractivity contribution in [2.45, 2.75) is 26.2 Å². The van der Waals surface area contributed by atoms with Crippen molar-refractivity contribution in [1.82, 2.24) is 9.97 Å². The minimum atomic E-state index is 0.450. The summed E-state index contributed by atoms with van der Waals surface area (Å²) in [6, 6.07) is 0. The smallest absolute Gasteiger partial charge is 0.142 e. The second-order valence-corrected chi connectivity index (χ2v) is 2.68. The van der Waals surface area contributed by atoms with Crippen LogP contribution < -0.4 is 5.73 Å². The van der Waals surface area contributed by atoms with E-state index in [1.807, 2.05) is 0 Å². The van der Waals surface area contributed by atoms with Gasteiger partial charge in [0.2, 0.25) is 0 Å². The van der Waals surface area contributed by atoms with E-state index < -0.39 is 0 Å². The van der Waals surface area contributed by atoms with Gasteiger partial charge in [-0.15, -0.1) is 0 Å². The van der Waals surface area contributed by atoms with Crippen LogP contribution in [0.3, 0.4) is 0 Å². The highest BCUT2D eigenvalue weighted by Crippen LogP contribution is 2.15. The largest absolute Gasteiger partial charge is 0.382 e. The van der Waals surface area contributed by atoms with Crippen LogP contribution in [-0.2, 0) is 0 Å². The molecule has 1 atom stereocenters. The molecule has 3 heteroatoms. The predicted octanol–water partition coefficient (Wildman–Crippen LogP) is 1.57. The van der Waals surface area contributed by atoms with Crippen LogP contribution in [0.4, 0.5) is 5.82 Å². The van der Waals surface area contributed by atoms with E-state index in [0.717, 1.165) is 12.1 Å². The first-order chi connectivity index (χ1) is 5.24. The van der Waals surface area contributed by atoms with Gasteiger partial charge in [0.1, 0.15) is 5.82 Å². The van der Waals surface area contributed by atoms with Gasteiger partial charge in [-0.3, -0.25) is 4.98 Å². The highest BCUT2D eigenvalue weighted by Gasteiger charge is 2.03. The molecular weight excluding hydrogens is 138 g/mol. The third kappa shape index (κ3) is 1.90. The molecule has 0 spiro atoms. The normalized spacial score (nSPS) is 12.9. The average Bonchev–Trinajstić information content (AvgIpc) is 2.03. The molecule has 2 N–H and O–H groups in total. The van der Waals surface area contributed by atoms with Crippen molar-refractivity contribution in [3.05, 3.63) is 18.1 Å². The number of nitrogens with two attached hydrogens (primary N) is 1. The van der Waals surface area contributed by atoms with Crippen molar-refractivity contribution in [3.63, 3.8) is 0 Å². The van der Waals surface area contributed by atoms with Gasteiger partial charge in [0.15, 0.2) is 0 Å². The molecule has 0 aromatic carbocycles. The zero-order valence-electron chi connectivity index (χ0n) is 6.91. The van der Waals surface area contributed by atoms with Crippen LogP contribution in [0.2, 0.25) is 0 Å². The van der Waals surface area contributed by atoms with E-state index in [1.54, 1.807) is 12.4 Å². The summed E-state index contributed by atoms with van der Waals surface area (Å²) in [4.78, 5) is 8.12. The van der Waals surface area contributed by atoms with E-state index in [-0.39, 0.29) is 0 Å². The van der Waals surface area contributed by atoms with Gasteiger partial charge in [-0.05, 0) is 12.3 Å². The Morgan fingerprint density at radius 3 is 2.82 bits per heavy atom. The van der Waals surface area contributed by atoms with E-state index >= 15 is 0 Å². The quantitative estimate of drug-likeness (QED) is 0.698. The van der Waals surface area contributed by atoms with Gasteiger partial charge in [0.05, 0.1) is 11.9 Å². The Hall–Kier alpha value is -1.12. The molecule has 1 unspecified atom stereocenters. The highest BCUT2D eigenvalue weighted by atomic mass is 14.9. The van der Waals surface area contributed by atoms with Gasteiger partial charge < -0.3 is 5.73 Å². The minimum absolute atomic E-state index is 0.450. The van der Waals surface area contributed by atoms with Crippen molar-refractivity contribution in [2.24, 2.45) is 0 Å². The van der Waals surface area contributed by atoms with E-state index in [1.165, 1.54) is 0 Å². The first-order valence-electron chi connectivity index (χ1n) is 3.81. The molecule has 1 rings (SSSR count). The molecule has 0 aliphatic carbocycles. The van der Waals surface area contributed by atoms with E-state index in [0.29, 0.717) is 11.7 Å². The van der Waals surface area contributed by atoms with E-state index in [2.05, 4.69) is 23.8 Å². The fourth-order valence-corrected chi connectivity index (χ4v) is 0.843. The lowest BCUT2D eigenvalue weighted by atomic mass is 10.1. The Bertz CT molecular complexity index is 235. The van der Waals surface area contributed by atoms with Crippen LogP contribution in [0.1, 0.15) is 31.9 Å². The van der Waals surface area contributed by atoms with Crippen molar-refractivity contribution >= 4 is 5.82 Å². The number of nitrogens with zero attached hydrogens (tertiary/aromatic N) is 2. The summed E-state index contributed by atoms with van der Waals surface area (Å²) in [7, 11) is 0. The van der Waals surface area contributed by atoms with Gasteiger partial charge >= 0.3 is 0 Å². The van der Waals surface area contributed by atoms with Crippen molar-refractivity contribution in [1.29, 1.82) is 0 Å². The molecule has 0 saturated heterocycles. The predicted molar refractivity (Wildman–Crippen MR) is 45.2 cm³/mol. The number of aromatic nitrogens is 2. The maximum atomic E-state index is 5.48. The minimum Gasteiger partial charge on any atom is -0.382 e. The first-order valence-corrected chi connectivity index (χ1v) is 3.81. The third-order valence-electron chi connectivity index (χ3n) is 1.79. The summed E-state index contributed by atoms with van der Waals surface area (Å²) in [6.45, 7) is 4.24. The van der Waals surface area contributed by atoms with Gasteiger partial charge in [0.25, 0.3) is 0 Å². The molecule has 0 saturated carbocycles. The summed E-state index contributed by atoms with van der Waals surface area (Å²) >= 11 is 0. The Balaban J connectivity index is 2.86. The van der Waals surface area contributed by atoms with Crippen LogP contribution in [0.15, 0.2) is 12.4 Å². The maximum Gasteiger partial charge on any atom is 0.142 e. The average molecular weight is 151 g/mol. The van der Waals surface area contributed by atoms with Crippen LogP contribution in [0.25, 0.3) is 0 Å². The van der Waals surface area contributed by atoms with Gasteiger partial charge in [-0.1, -0.05) is 13.8 Å². The van der Waals surface area contributed by atoms with Gasteiger partial charge in [-0.25, -0.2) is 4.98 Å². The Kier molecular flexibility index (Phi) is 2.41. The lowest BCUT2D eigenvalue weighted by Gasteiger charge is -2.06. The molecule has 60 valence electrons. The standard InChI is InChI=1S/C8H13N3/c1-3-6(2)7-4-10-5-8(9)11-7/h4-6H,3H2,1-2H3,(H2,9,11). The topological polar surface area (TPSA) is 51.8 Å². The zero-order chi connectivity index (χ0) is 8.27. The maximum absolute atomic E-state index is 5.48. The highest BCUT2D eigenvalue weighted by molar-refractivity contribution is 5.24. The van der Waals surface area contributed by atoms with Crippen LogP contribution in [0, 0.1) is 0 Å². The molecule has 0 fully saturated rings. The van der Waals surface area contributed by atoms with E-state index in [4.69, 9.17) is 5.73 Å². The molecule has 0 aliphatic rings. The van der Waals surface area contributed by atoms with E-state index in [9.17, 15) is 0 Å². The number of nitrogen functional groups attached to an aromatic ring is 1. The molecule has 0 bridgehead atoms. The summed E-state index contributed by atoms with van der Waals surface area (Å²) in [5, 5.41) is 0. The lowest BCUT2D eigenvalue weighted by Crippen LogP contribution is -2.00. The second kappa shape index (κ2) is 3.32. The Morgan fingerprint density at radius 1 is 1.55 bits per heavy atom. The van der Waals surface area contributed by atoms with Crippen molar-refractivity contribution in [3.8, 4) is 0 Å². The molecule has 1 aromatic rings. The first kappa shape index (κ1) is 7.98. The molecule has 0 amide bonds. The number of anilines is 1. The Labute approximate surface area is 66.7 Å². The lowest BCUT2D eigenvalue weighted by molar-refractivity contribution is 0.704. The Morgan fingerprint density at radius 2 is 2.27 bits per heavy atom.